The minimum Gasteiger partial charge on any atom is -0.357 e. The average molecular weight is 224 g/mol. The first-order valence-corrected chi connectivity index (χ1v) is 5.99. The number of carbonyl (C=O) groups excluding carboxylic acids is 1. The predicted molar refractivity (Wildman–Crippen MR) is 51.8 cm³/mol. The van der Waals surface area contributed by atoms with Crippen molar-refractivity contribution in [3.05, 3.63) is 0 Å². The Balaban J connectivity index is 3.71. The van der Waals surface area contributed by atoms with Gasteiger partial charge >= 0.3 is 0 Å². The average Bonchev–Trinajstić information content (AvgIpc) is 2.14. The van der Waals surface area contributed by atoms with Gasteiger partial charge in [0.05, 0.1) is 5.75 Å². The zero-order valence-corrected chi connectivity index (χ0v) is 9.19. The quantitative estimate of drug-likeness (QED) is 0.565. The van der Waals surface area contributed by atoms with Crippen LogP contribution in [0.1, 0.15) is 19.8 Å². The Hall–Kier alpha value is -0.660. The standard InChI is InChI=1S/C7H16N2O4S/c1-3-4-5-14(11,12)9-13-6-7(10)8-2/h9H,3-6H2,1-2H3,(H,8,10). The molecule has 0 saturated carbocycles. The Labute approximate surface area is 84.0 Å². The summed E-state index contributed by atoms with van der Waals surface area (Å²) in [6.07, 6.45) is 1.36. The lowest BCUT2D eigenvalue weighted by atomic mass is 10.4. The number of amides is 1. The van der Waals surface area contributed by atoms with E-state index in [-0.39, 0.29) is 18.3 Å². The maximum absolute atomic E-state index is 11.1. The maximum Gasteiger partial charge on any atom is 0.247 e. The Bertz CT molecular complexity index is 263. The number of nitrogens with one attached hydrogen (secondary N) is 2. The van der Waals surface area contributed by atoms with Gasteiger partial charge < -0.3 is 5.32 Å². The molecule has 0 fully saturated rings. The molecule has 0 aliphatic carbocycles. The molecule has 2 N–H and O–H groups in total. The van der Waals surface area contributed by atoms with Crippen LogP contribution in [0.4, 0.5) is 0 Å². The molecule has 0 atom stereocenters. The van der Waals surface area contributed by atoms with Crippen LogP contribution in [0.15, 0.2) is 0 Å². The summed E-state index contributed by atoms with van der Waals surface area (Å²) in [4.78, 5) is 17.0. The molecule has 1 amide bonds. The third-order valence-electron chi connectivity index (χ3n) is 1.43. The number of hydrogen-bond donors (Lipinski definition) is 2. The van der Waals surface area contributed by atoms with Gasteiger partial charge in [-0.2, -0.15) is 0 Å². The number of rotatable bonds is 7. The molecule has 0 aromatic rings. The molecular formula is C7H16N2O4S. The SMILES string of the molecule is CCCCS(=O)(=O)NOCC(=O)NC. The Morgan fingerprint density at radius 3 is 2.57 bits per heavy atom. The Morgan fingerprint density at radius 1 is 1.43 bits per heavy atom. The minimum atomic E-state index is -3.40. The fourth-order valence-electron chi connectivity index (χ4n) is 0.633. The van der Waals surface area contributed by atoms with Crippen LogP contribution in [0.2, 0.25) is 0 Å². The maximum atomic E-state index is 11.1. The van der Waals surface area contributed by atoms with Crippen molar-refractivity contribution in [3.63, 3.8) is 0 Å². The van der Waals surface area contributed by atoms with E-state index in [2.05, 4.69) is 10.2 Å². The van der Waals surface area contributed by atoms with E-state index in [9.17, 15) is 13.2 Å². The van der Waals surface area contributed by atoms with Crippen LogP contribution in [0, 0.1) is 0 Å². The molecule has 7 heteroatoms. The monoisotopic (exact) mass is 224 g/mol. The summed E-state index contributed by atoms with van der Waals surface area (Å²) in [6.45, 7) is 1.57. The molecule has 6 nitrogen and oxygen atoms in total. The molecule has 0 aliphatic rings. The topological polar surface area (TPSA) is 84.5 Å². The second kappa shape index (κ2) is 6.74. The third-order valence-corrected chi connectivity index (χ3v) is 2.63. The number of hydrogen-bond acceptors (Lipinski definition) is 4. The lowest BCUT2D eigenvalue weighted by Crippen LogP contribution is -2.32. The van der Waals surface area contributed by atoms with E-state index >= 15 is 0 Å². The summed E-state index contributed by atoms with van der Waals surface area (Å²) in [5.41, 5.74) is 0. The van der Waals surface area contributed by atoms with Gasteiger partial charge in [0.1, 0.15) is 6.61 Å². The molecular weight excluding hydrogens is 208 g/mol. The van der Waals surface area contributed by atoms with E-state index in [1.54, 1.807) is 0 Å². The summed E-state index contributed by atoms with van der Waals surface area (Å²) in [6, 6.07) is 0. The molecule has 0 saturated heterocycles. The van der Waals surface area contributed by atoms with Crippen molar-refractivity contribution in [3.8, 4) is 0 Å². The summed E-state index contributed by atoms with van der Waals surface area (Å²) in [5.74, 6) is -0.375. The van der Waals surface area contributed by atoms with Crippen molar-refractivity contribution in [2.75, 3.05) is 19.4 Å². The van der Waals surface area contributed by atoms with Gasteiger partial charge in [-0.15, -0.1) is 0 Å². The second-order valence-corrected chi connectivity index (χ2v) is 4.52. The highest BCUT2D eigenvalue weighted by Crippen LogP contribution is 1.92. The van der Waals surface area contributed by atoms with Crippen molar-refractivity contribution >= 4 is 15.9 Å². The largest absolute Gasteiger partial charge is 0.357 e. The van der Waals surface area contributed by atoms with Crippen molar-refractivity contribution in [1.29, 1.82) is 0 Å². The molecule has 0 radical (unpaired) electrons. The highest BCUT2D eigenvalue weighted by Gasteiger charge is 2.09. The van der Waals surface area contributed by atoms with Gasteiger partial charge in [0, 0.05) is 7.05 Å². The van der Waals surface area contributed by atoms with Crippen molar-refractivity contribution < 1.29 is 18.0 Å². The van der Waals surface area contributed by atoms with E-state index < -0.39 is 10.0 Å². The molecule has 0 spiro atoms. The summed E-state index contributed by atoms with van der Waals surface area (Å²) in [5, 5.41) is 2.30. The minimum absolute atomic E-state index is 0.0112. The van der Waals surface area contributed by atoms with Crippen molar-refractivity contribution in [2.45, 2.75) is 19.8 Å². The molecule has 0 unspecified atom stereocenters. The fourth-order valence-corrected chi connectivity index (χ4v) is 1.62. The third kappa shape index (κ3) is 6.81. The van der Waals surface area contributed by atoms with Gasteiger partial charge in [0.25, 0.3) is 0 Å². The van der Waals surface area contributed by atoms with Crippen LogP contribution in [0.25, 0.3) is 0 Å². The van der Waals surface area contributed by atoms with Gasteiger partial charge in [-0.05, 0) is 6.42 Å². The van der Waals surface area contributed by atoms with Crippen molar-refractivity contribution in [1.82, 2.24) is 10.2 Å². The molecule has 14 heavy (non-hydrogen) atoms. The normalized spacial score (nSPS) is 11.3. The molecule has 0 rings (SSSR count). The molecule has 0 bridgehead atoms. The van der Waals surface area contributed by atoms with Crippen LogP contribution >= 0.6 is 0 Å². The molecule has 0 aromatic heterocycles. The highest BCUT2D eigenvalue weighted by atomic mass is 32.2. The Morgan fingerprint density at radius 2 is 2.07 bits per heavy atom. The van der Waals surface area contributed by atoms with Gasteiger partial charge in [0.15, 0.2) is 0 Å². The molecule has 0 aromatic carbocycles. The zero-order valence-electron chi connectivity index (χ0n) is 8.37. The molecule has 0 aliphatic heterocycles. The van der Waals surface area contributed by atoms with Crippen molar-refractivity contribution in [2.24, 2.45) is 0 Å². The fraction of sp³-hybridized carbons (Fsp3) is 0.857. The number of unbranched alkanes of at least 4 members (excludes halogenated alkanes) is 1. The summed E-state index contributed by atoms with van der Waals surface area (Å²) < 4.78 is 22.2. The Kier molecular flexibility index (Phi) is 6.43. The smallest absolute Gasteiger partial charge is 0.247 e. The van der Waals surface area contributed by atoms with Crippen LogP contribution in [0.5, 0.6) is 0 Å². The number of carbonyl (C=O) groups is 1. The molecule has 84 valence electrons. The lowest BCUT2D eigenvalue weighted by molar-refractivity contribution is -0.126. The summed E-state index contributed by atoms with van der Waals surface area (Å²) in [7, 11) is -1.96. The lowest BCUT2D eigenvalue weighted by Gasteiger charge is -2.05. The van der Waals surface area contributed by atoms with Crippen LogP contribution < -0.4 is 10.2 Å². The van der Waals surface area contributed by atoms with Crippen LogP contribution in [-0.4, -0.2) is 33.7 Å². The van der Waals surface area contributed by atoms with E-state index in [4.69, 9.17) is 0 Å². The van der Waals surface area contributed by atoms with E-state index in [1.807, 2.05) is 11.8 Å². The van der Waals surface area contributed by atoms with Gasteiger partial charge in [0.2, 0.25) is 15.9 Å². The summed E-state index contributed by atoms with van der Waals surface area (Å²) >= 11 is 0. The van der Waals surface area contributed by atoms with Gasteiger partial charge in [-0.25, -0.2) is 8.42 Å². The zero-order chi connectivity index (χ0) is 11.0. The second-order valence-electron chi connectivity index (χ2n) is 2.72. The first kappa shape index (κ1) is 13.3. The van der Waals surface area contributed by atoms with Crippen LogP contribution in [0.3, 0.4) is 0 Å². The van der Waals surface area contributed by atoms with Gasteiger partial charge in [-0.3, -0.25) is 9.63 Å². The number of sulfonamides is 1. The van der Waals surface area contributed by atoms with E-state index in [0.29, 0.717) is 6.42 Å². The molecule has 0 heterocycles. The van der Waals surface area contributed by atoms with E-state index in [1.165, 1.54) is 7.05 Å². The van der Waals surface area contributed by atoms with Crippen LogP contribution in [-0.2, 0) is 19.7 Å². The highest BCUT2D eigenvalue weighted by molar-refractivity contribution is 7.89. The predicted octanol–water partition coefficient (Wildman–Crippen LogP) is -0.616. The van der Waals surface area contributed by atoms with Gasteiger partial charge in [-0.1, -0.05) is 18.2 Å². The first-order chi connectivity index (χ1) is 6.52. The first-order valence-electron chi connectivity index (χ1n) is 4.33. The number of likely N-dealkylation sites (N-methyl/N-ethyl adjacent to an activating group) is 1. The van der Waals surface area contributed by atoms with E-state index in [0.717, 1.165) is 6.42 Å².